The molecule has 0 radical (unpaired) electrons. The molecule has 1 saturated carbocycles. The van der Waals surface area contributed by atoms with Crippen molar-refractivity contribution in [3.8, 4) is 6.07 Å². The van der Waals surface area contributed by atoms with E-state index in [4.69, 9.17) is 0 Å². The van der Waals surface area contributed by atoms with Crippen molar-refractivity contribution >= 4 is 32.1 Å². The van der Waals surface area contributed by atoms with E-state index < -0.39 is 15.1 Å². The second kappa shape index (κ2) is 8.56. The van der Waals surface area contributed by atoms with Crippen LogP contribution in [0.15, 0.2) is 47.3 Å². The summed E-state index contributed by atoms with van der Waals surface area (Å²) in [5.74, 6) is 0. The third-order valence-electron chi connectivity index (χ3n) is 5.98. The van der Waals surface area contributed by atoms with E-state index in [-0.39, 0.29) is 4.90 Å². The predicted molar refractivity (Wildman–Crippen MR) is 129 cm³/mol. The highest BCUT2D eigenvalue weighted by Crippen LogP contribution is 2.37. The quantitative estimate of drug-likeness (QED) is 0.473. The van der Waals surface area contributed by atoms with E-state index in [1.165, 1.54) is 6.07 Å². The number of nitriles is 1. The predicted octanol–water partition coefficient (Wildman–Crippen LogP) is 5.11. The van der Waals surface area contributed by atoms with Gasteiger partial charge in [0.05, 0.1) is 34.3 Å². The second-order valence-corrected chi connectivity index (χ2v) is 11.5. The average molecular weight is 462 g/mol. The van der Waals surface area contributed by atoms with E-state index in [9.17, 15) is 13.7 Å². The number of hydrogen-bond acceptors (Lipinski definition) is 6. The molecule has 3 aromatic rings. The van der Waals surface area contributed by atoms with Crippen LogP contribution >= 0.6 is 0 Å². The van der Waals surface area contributed by atoms with Crippen molar-refractivity contribution in [2.24, 2.45) is 0 Å². The summed E-state index contributed by atoms with van der Waals surface area (Å²) >= 11 is 0. The third kappa shape index (κ3) is 4.21. The molecule has 33 heavy (non-hydrogen) atoms. The molecule has 0 N–H and O–H groups in total. The van der Waals surface area contributed by atoms with Gasteiger partial charge in [0, 0.05) is 11.6 Å². The van der Waals surface area contributed by atoms with E-state index in [0.717, 1.165) is 46.3 Å². The molecule has 1 aliphatic carbocycles. The minimum absolute atomic E-state index is 0.164. The van der Waals surface area contributed by atoms with Gasteiger partial charge in [0.25, 0.3) is 0 Å². The van der Waals surface area contributed by atoms with Crippen LogP contribution < -0.4 is 0 Å². The Morgan fingerprint density at radius 3 is 2.55 bits per heavy atom. The number of rotatable bonds is 6. The molecule has 1 aromatic carbocycles. The first kappa shape index (κ1) is 22.9. The molecule has 0 bridgehead atoms. The number of sulfone groups is 1. The Kier molecular flexibility index (Phi) is 5.93. The number of benzene rings is 1. The molecular formula is C25H27N5O2S. The lowest BCUT2D eigenvalue weighted by molar-refractivity contribution is 0.587. The molecule has 4 rings (SSSR count). The first-order valence-corrected chi connectivity index (χ1v) is 12.5. The van der Waals surface area contributed by atoms with Crippen LogP contribution in [-0.4, -0.2) is 33.4 Å². The highest BCUT2D eigenvalue weighted by atomic mass is 32.2. The molecule has 1 fully saturated rings. The summed E-state index contributed by atoms with van der Waals surface area (Å²) in [4.78, 5) is 4.76. The molecule has 0 amide bonds. The molecule has 1 aliphatic rings. The number of hydrogen-bond donors (Lipinski definition) is 0. The van der Waals surface area contributed by atoms with Gasteiger partial charge in [-0.1, -0.05) is 17.7 Å². The van der Waals surface area contributed by atoms with Crippen LogP contribution in [0, 0.1) is 11.3 Å². The molecule has 0 spiro atoms. The summed E-state index contributed by atoms with van der Waals surface area (Å²) < 4.78 is 27.3. The van der Waals surface area contributed by atoms with Crippen LogP contribution in [0.25, 0.3) is 22.3 Å². The van der Waals surface area contributed by atoms with Gasteiger partial charge in [-0.05, 0) is 76.3 Å². The zero-order valence-electron chi connectivity index (χ0n) is 19.5. The van der Waals surface area contributed by atoms with Crippen molar-refractivity contribution in [1.82, 2.24) is 19.7 Å². The van der Waals surface area contributed by atoms with Crippen molar-refractivity contribution < 1.29 is 8.42 Å². The van der Waals surface area contributed by atoms with Gasteiger partial charge in [0.15, 0.2) is 15.5 Å². The molecule has 2 heterocycles. The summed E-state index contributed by atoms with van der Waals surface area (Å²) in [6, 6.07) is 7.42. The Labute approximate surface area is 194 Å². The van der Waals surface area contributed by atoms with Gasteiger partial charge < -0.3 is 4.57 Å². The number of allylic oxidation sites excluding steroid dienone is 4. The molecule has 0 atom stereocenters. The molecule has 7 nitrogen and oxygen atoms in total. The van der Waals surface area contributed by atoms with E-state index in [2.05, 4.69) is 25.8 Å². The zero-order chi connectivity index (χ0) is 23.9. The van der Waals surface area contributed by atoms with E-state index >= 15 is 0 Å². The van der Waals surface area contributed by atoms with Crippen molar-refractivity contribution in [3.05, 3.63) is 59.1 Å². The summed E-state index contributed by atoms with van der Waals surface area (Å²) in [6.45, 7) is 9.20. The number of aromatic nitrogens is 4. The topological polar surface area (TPSA) is 102 Å². The maximum atomic E-state index is 12.6. The maximum Gasteiger partial charge on any atom is 0.183 e. The Morgan fingerprint density at radius 1 is 1.21 bits per heavy atom. The van der Waals surface area contributed by atoms with E-state index in [0.29, 0.717) is 17.2 Å². The van der Waals surface area contributed by atoms with Crippen molar-refractivity contribution in [1.29, 1.82) is 5.26 Å². The summed E-state index contributed by atoms with van der Waals surface area (Å²) in [5, 5.41) is 17.8. The number of nitrogens with zero attached hydrogens (tertiary/aromatic N) is 5. The minimum atomic E-state index is -3.47. The fourth-order valence-electron chi connectivity index (χ4n) is 3.84. The summed E-state index contributed by atoms with van der Waals surface area (Å²) in [6.07, 6.45) is 7.82. The van der Waals surface area contributed by atoms with Crippen LogP contribution in [0.5, 0.6) is 0 Å². The highest BCUT2D eigenvalue weighted by Gasteiger charge is 2.26. The van der Waals surface area contributed by atoms with Gasteiger partial charge in [-0.25, -0.2) is 13.4 Å². The van der Waals surface area contributed by atoms with Crippen LogP contribution in [-0.2, 0) is 9.84 Å². The fourth-order valence-corrected chi connectivity index (χ4v) is 4.92. The SMILES string of the molecule is CC(=CC(=C(C)C)c1ccc(S(=O)(=O)C(C)C)cc1C#N)c1cnnc2c1ncn2C1CC1. The normalized spacial score (nSPS) is 14.5. The van der Waals surface area contributed by atoms with Crippen molar-refractivity contribution in [3.63, 3.8) is 0 Å². The van der Waals surface area contributed by atoms with Crippen molar-refractivity contribution in [2.45, 2.75) is 63.6 Å². The first-order valence-electron chi connectivity index (χ1n) is 11.0. The zero-order valence-corrected chi connectivity index (χ0v) is 20.3. The van der Waals surface area contributed by atoms with Gasteiger partial charge >= 0.3 is 0 Å². The molecule has 0 aliphatic heterocycles. The summed E-state index contributed by atoms with van der Waals surface area (Å²) in [5.41, 5.74) is 6.30. The number of fused-ring (bicyclic) bond motifs is 1. The Bertz CT molecular complexity index is 1450. The largest absolute Gasteiger partial charge is 0.311 e. The van der Waals surface area contributed by atoms with Gasteiger partial charge in [0.2, 0.25) is 0 Å². The summed E-state index contributed by atoms with van der Waals surface area (Å²) in [7, 11) is -3.47. The van der Waals surface area contributed by atoms with Gasteiger partial charge in [-0.3, -0.25) is 0 Å². The monoisotopic (exact) mass is 461 g/mol. The van der Waals surface area contributed by atoms with Crippen LogP contribution in [0.1, 0.15) is 70.2 Å². The Hall–Kier alpha value is -3.31. The lowest BCUT2D eigenvalue weighted by atomic mass is 9.94. The lowest BCUT2D eigenvalue weighted by Gasteiger charge is -2.13. The standard InChI is InChI=1S/C25H27N5O2S/c1-15(2)22(21-9-8-20(11-18(21)12-26)33(31,32)16(3)4)10-17(5)23-13-28-29-25-24(23)27-14-30(25)19-6-7-19/h8-11,13-14,16,19H,6-7H2,1-5H3. The second-order valence-electron chi connectivity index (χ2n) is 8.97. The van der Waals surface area contributed by atoms with Gasteiger partial charge in [-0.2, -0.15) is 10.4 Å². The molecule has 0 unspecified atom stereocenters. The van der Waals surface area contributed by atoms with Gasteiger partial charge in [0.1, 0.15) is 5.52 Å². The molecule has 2 aromatic heterocycles. The van der Waals surface area contributed by atoms with Crippen LogP contribution in [0.3, 0.4) is 0 Å². The fraction of sp³-hybridized carbons (Fsp3) is 0.360. The molecule has 0 saturated heterocycles. The smallest absolute Gasteiger partial charge is 0.183 e. The van der Waals surface area contributed by atoms with Crippen molar-refractivity contribution in [2.75, 3.05) is 0 Å². The highest BCUT2D eigenvalue weighted by molar-refractivity contribution is 7.92. The van der Waals surface area contributed by atoms with Crippen LogP contribution in [0.4, 0.5) is 0 Å². The van der Waals surface area contributed by atoms with E-state index in [1.807, 2.05) is 33.2 Å². The third-order valence-corrected chi connectivity index (χ3v) is 8.13. The Balaban J connectivity index is 1.80. The van der Waals surface area contributed by atoms with Gasteiger partial charge in [-0.15, -0.1) is 5.10 Å². The minimum Gasteiger partial charge on any atom is -0.311 e. The molecule has 170 valence electrons. The lowest BCUT2D eigenvalue weighted by Crippen LogP contribution is -2.14. The first-order chi connectivity index (χ1) is 15.6. The molecular weight excluding hydrogens is 434 g/mol. The average Bonchev–Trinajstić information content (AvgIpc) is 3.54. The maximum absolute atomic E-state index is 12.6. The Morgan fingerprint density at radius 2 is 1.94 bits per heavy atom. The molecule has 8 heteroatoms. The van der Waals surface area contributed by atoms with Crippen LogP contribution in [0.2, 0.25) is 0 Å². The number of imidazole rings is 1. The van der Waals surface area contributed by atoms with E-state index in [1.54, 1.807) is 32.2 Å².